The summed E-state index contributed by atoms with van der Waals surface area (Å²) in [6, 6.07) is 0. The van der Waals surface area contributed by atoms with E-state index in [2.05, 4.69) is 19.7 Å². The Kier molecular flexibility index (Phi) is 3.64. The Bertz CT molecular complexity index is 352. The van der Waals surface area contributed by atoms with Crippen LogP contribution in [0.3, 0.4) is 0 Å². The smallest absolute Gasteiger partial charge is 0.119 e. The van der Waals surface area contributed by atoms with Crippen molar-refractivity contribution >= 4 is 0 Å². The third kappa shape index (κ3) is 2.74. The molecule has 1 spiro atoms. The molecule has 0 N–H and O–H groups in total. The van der Waals surface area contributed by atoms with Gasteiger partial charge in [0, 0.05) is 19.6 Å². The van der Waals surface area contributed by atoms with E-state index in [0.717, 1.165) is 13.1 Å². The topological polar surface area (TPSA) is 34.0 Å². The summed E-state index contributed by atoms with van der Waals surface area (Å²) in [6.07, 6.45) is 13.8. The number of likely N-dealkylation sites (tertiary alicyclic amines) is 1. The van der Waals surface area contributed by atoms with Crippen LogP contribution in [0.4, 0.5) is 0 Å². The molecular formula is C14H24N4. The summed E-state index contributed by atoms with van der Waals surface area (Å²) in [5.41, 5.74) is 0.670. The summed E-state index contributed by atoms with van der Waals surface area (Å²) in [5.74, 6) is 0. The fraction of sp³-hybridized carbons (Fsp3) is 0.857. The van der Waals surface area contributed by atoms with Crippen LogP contribution in [0.25, 0.3) is 0 Å². The van der Waals surface area contributed by atoms with Crippen LogP contribution in [0, 0.1) is 5.41 Å². The van der Waals surface area contributed by atoms with Crippen LogP contribution in [0.5, 0.6) is 0 Å². The highest BCUT2D eigenvalue weighted by Gasteiger charge is 2.37. The molecule has 2 aliphatic rings. The van der Waals surface area contributed by atoms with Crippen molar-refractivity contribution in [3.8, 4) is 0 Å². The lowest BCUT2D eigenvalue weighted by Gasteiger charge is -2.28. The van der Waals surface area contributed by atoms with Crippen molar-refractivity contribution in [2.24, 2.45) is 5.41 Å². The Morgan fingerprint density at radius 2 is 1.61 bits per heavy atom. The predicted molar refractivity (Wildman–Crippen MR) is 71.2 cm³/mol. The molecule has 3 rings (SSSR count). The molecule has 1 aromatic rings. The quantitative estimate of drug-likeness (QED) is 0.823. The normalized spacial score (nSPS) is 24.4. The summed E-state index contributed by atoms with van der Waals surface area (Å²) in [7, 11) is 0. The molecule has 1 aliphatic carbocycles. The van der Waals surface area contributed by atoms with Crippen LogP contribution in [0.1, 0.15) is 44.9 Å². The van der Waals surface area contributed by atoms with E-state index in [1.54, 1.807) is 0 Å². The molecular weight excluding hydrogens is 224 g/mol. The molecule has 0 atom stereocenters. The van der Waals surface area contributed by atoms with Gasteiger partial charge in [-0.05, 0) is 31.2 Å². The average Bonchev–Trinajstić information content (AvgIpc) is 2.95. The summed E-state index contributed by atoms with van der Waals surface area (Å²) < 4.78 is 2.08. The van der Waals surface area contributed by atoms with E-state index in [0.29, 0.717) is 5.41 Å². The monoisotopic (exact) mass is 248 g/mol. The van der Waals surface area contributed by atoms with Gasteiger partial charge in [0.1, 0.15) is 12.7 Å². The van der Waals surface area contributed by atoms with Crippen LogP contribution in [-0.4, -0.2) is 39.3 Å². The highest BCUT2D eigenvalue weighted by Crippen LogP contribution is 2.42. The van der Waals surface area contributed by atoms with E-state index in [1.807, 2.05) is 12.7 Å². The Balaban J connectivity index is 1.51. The average molecular weight is 248 g/mol. The SMILES string of the molecule is c1nncn1CCN1CCC2(CCCCCC2)C1. The molecule has 1 aliphatic heterocycles. The molecule has 0 aromatic carbocycles. The van der Waals surface area contributed by atoms with Crippen molar-refractivity contribution in [1.29, 1.82) is 0 Å². The third-order valence-electron chi connectivity index (χ3n) is 4.82. The highest BCUT2D eigenvalue weighted by molar-refractivity contribution is 4.90. The molecule has 0 amide bonds. The molecule has 2 fully saturated rings. The van der Waals surface area contributed by atoms with Crippen LogP contribution in [0.15, 0.2) is 12.7 Å². The van der Waals surface area contributed by atoms with Gasteiger partial charge >= 0.3 is 0 Å². The summed E-state index contributed by atoms with van der Waals surface area (Å²) >= 11 is 0. The van der Waals surface area contributed by atoms with Crippen molar-refractivity contribution in [2.45, 2.75) is 51.5 Å². The number of aromatic nitrogens is 3. The second-order valence-corrected chi connectivity index (χ2v) is 6.14. The first-order valence-corrected chi connectivity index (χ1v) is 7.41. The zero-order valence-electron chi connectivity index (χ0n) is 11.2. The van der Waals surface area contributed by atoms with E-state index >= 15 is 0 Å². The van der Waals surface area contributed by atoms with Gasteiger partial charge in [0.25, 0.3) is 0 Å². The molecule has 0 unspecified atom stereocenters. The maximum Gasteiger partial charge on any atom is 0.119 e. The third-order valence-corrected chi connectivity index (χ3v) is 4.82. The molecule has 1 saturated heterocycles. The minimum Gasteiger partial charge on any atom is -0.319 e. The lowest BCUT2D eigenvalue weighted by molar-refractivity contribution is 0.224. The van der Waals surface area contributed by atoms with Crippen LogP contribution in [0.2, 0.25) is 0 Å². The second kappa shape index (κ2) is 5.39. The molecule has 2 heterocycles. The summed E-state index contributed by atoms with van der Waals surface area (Å²) in [4.78, 5) is 2.64. The van der Waals surface area contributed by atoms with Crippen molar-refractivity contribution in [2.75, 3.05) is 19.6 Å². The lowest BCUT2D eigenvalue weighted by Crippen LogP contribution is -2.29. The van der Waals surface area contributed by atoms with E-state index in [9.17, 15) is 0 Å². The molecule has 100 valence electrons. The molecule has 0 bridgehead atoms. The second-order valence-electron chi connectivity index (χ2n) is 6.14. The molecule has 4 nitrogen and oxygen atoms in total. The molecule has 0 radical (unpaired) electrons. The first kappa shape index (κ1) is 12.2. The molecule has 1 saturated carbocycles. The summed E-state index contributed by atoms with van der Waals surface area (Å²) in [6.45, 7) is 4.81. The van der Waals surface area contributed by atoms with Crippen molar-refractivity contribution < 1.29 is 0 Å². The number of hydrogen-bond acceptors (Lipinski definition) is 3. The van der Waals surface area contributed by atoms with Gasteiger partial charge in [0.05, 0.1) is 0 Å². The van der Waals surface area contributed by atoms with Crippen LogP contribution >= 0.6 is 0 Å². The van der Waals surface area contributed by atoms with Crippen molar-refractivity contribution in [3.63, 3.8) is 0 Å². The van der Waals surface area contributed by atoms with Crippen molar-refractivity contribution in [3.05, 3.63) is 12.7 Å². The predicted octanol–water partition coefficient (Wildman–Crippen LogP) is 2.32. The fourth-order valence-electron chi connectivity index (χ4n) is 3.70. The number of nitrogens with zero attached hydrogens (tertiary/aromatic N) is 4. The van der Waals surface area contributed by atoms with Crippen LogP contribution in [-0.2, 0) is 6.54 Å². The van der Waals surface area contributed by atoms with Crippen LogP contribution < -0.4 is 0 Å². The van der Waals surface area contributed by atoms with Crippen molar-refractivity contribution in [1.82, 2.24) is 19.7 Å². The Morgan fingerprint density at radius 3 is 2.33 bits per heavy atom. The number of rotatable bonds is 3. The maximum absolute atomic E-state index is 3.86. The minimum atomic E-state index is 0.670. The first-order chi connectivity index (χ1) is 8.86. The molecule has 1 aromatic heterocycles. The van der Waals surface area contributed by atoms with Gasteiger partial charge in [0.2, 0.25) is 0 Å². The maximum atomic E-state index is 3.86. The highest BCUT2D eigenvalue weighted by atomic mass is 15.2. The zero-order valence-corrected chi connectivity index (χ0v) is 11.2. The molecule has 4 heteroatoms. The zero-order chi connectivity index (χ0) is 12.3. The summed E-state index contributed by atoms with van der Waals surface area (Å²) in [5, 5.41) is 7.72. The van der Waals surface area contributed by atoms with Gasteiger partial charge in [-0.1, -0.05) is 25.7 Å². The first-order valence-electron chi connectivity index (χ1n) is 7.41. The standard InChI is InChI=1S/C14H24N4/c1-2-4-6-14(5-3-1)7-8-17(11-14)9-10-18-12-15-16-13-18/h12-13H,1-11H2. The van der Waals surface area contributed by atoms with Gasteiger partial charge in [-0.25, -0.2) is 0 Å². The van der Waals surface area contributed by atoms with Gasteiger partial charge < -0.3 is 9.47 Å². The lowest BCUT2D eigenvalue weighted by atomic mass is 9.80. The van der Waals surface area contributed by atoms with Gasteiger partial charge in [0.15, 0.2) is 0 Å². The van der Waals surface area contributed by atoms with E-state index in [4.69, 9.17) is 0 Å². The minimum absolute atomic E-state index is 0.670. The molecule has 18 heavy (non-hydrogen) atoms. The number of hydrogen-bond donors (Lipinski definition) is 0. The van der Waals surface area contributed by atoms with Gasteiger partial charge in [-0.2, -0.15) is 0 Å². The van der Waals surface area contributed by atoms with E-state index < -0.39 is 0 Å². The van der Waals surface area contributed by atoms with Gasteiger partial charge in [-0.3, -0.25) is 0 Å². The van der Waals surface area contributed by atoms with E-state index in [1.165, 1.54) is 58.0 Å². The Morgan fingerprint density at radius 1 is 0.889 bits per heavy atom. The van der Waals surface area contributed by atoms with Gasteiger partial charge in [-0.15, -0.1) is 10.2 Å². The van der Waals surface area contributed by atoms with E-state index in [-0.39, 0.29) is 0 Å². The largest absolute Gasteiger partial charge is 0.319 e. The fourth-order valence-corrected chi connectivity index (χ4v) is 3.70. The Labute approximate surface area is 109 Å². The Hall–Kier alpha value is -0.900.